The lowest BCUT2D eigenvalue weighted by Crippen LogP contribution is -2.42. The highest BCUT2D eigenvalue weighted by atomic mass is 15.2. The smallest absolute Gasteiger partial charge is 0.0243 e. The summed E-state index contributed by atoms with van der Waals surface area (Å²) in [5, 5.41) is 3.78. The van der Waals surface area contributed by atoms with Gasteiger partial charge in [-0.15, -0.1) is 0 Å². The van der Waals surface area contributed by atoms with E-state index >= 15 is 0 Å². The zero-order valence-electron chi connectivity index (χ0n) is 12.1. The predicted molar refractivity (Wildman–Crippen MR) is 80.0 cm³/mol. The van der Waals surface area contributed by atoms with Crippen LogP contribution in [0, 0.1) is 0 Å². The number of nitrogens with zero attached hydrogens (tertiary/aromatic N) is 1. The molecule has 1 aliphatic heterocycles. The van der Waals surface area contributed by atoms with Crippen molar-refractivity contribution < 1.29 is 0 Å². The highest BCUT2D eigenvalue weighted by Gasteiger charge is 2.23. The van der Waals surface area contributed by atoms with Crippen molar-refractivity contribution in [3.63, 3.8) is 0 Å². The van der Waals surface area contributed by atoms with E-state index in [1.807, 2.05) is 0 Å². The van der Waals surface area contributed by atoms with Gasteiger partial charge in [-0.25, -0.2) is 0 Å². The molecule has 1 aromatic rings. The lowest BCUT2D eigenvalue weighted by Gasteiger charge is -2.28. The minimum Gasteiger partial charge on any atom is -0.312 e. The van der Waals surface area contributed by atoms with Gasteiger partial charge < -0.3 is 5.32 Å². The van der Waals surface area contributed by atoms with Crippen LogP contribution in [0.5, 0.6) is 0 Å². The number of rotatable bonds is 4. The Morgan fingerprint density at radius 3 is 2.37 bits per heavy atom. The Bertz CT molecular complexity index is 384. The van der Waals surface area contributed by atoms with Crippen molar-refractivity contribution in [2.75, 3.05) is 6.54 Å². The van der Waals surface area contributed by atoms with E-state index in [4.69, 9.17) is 0 Å². The van der Waals surface area contributed by atoms with E-state index in [0.29, 0.717) is 6.04 Å². The van der Waals surface area contributed by atoms with E-state index < -0.39 is 0 Å². The van der Waals surface area contributed by atoms with Crippen LogP contribution < -0.4 is 5.32 Å². The lowest BCUT2D eigenvalue weighted by molar-refractivity contribution is 0.199. The molecule has 1 unspecified atom stereocenters. The molecule has 0 radical (unpaired) electrons. The Kier molecular flexibility index (Phi) is 4.19. The van der Waals surface area contributed by atoms with E-state index in [9.17, 15) is 0 Å². The first-order valence-electron chi connectivity index (χ1n) is 7.87. The Balaban J connectivity index is 1.48. The minimum atomic E-state index is 0.634. The predicted octanol–water partition coefficient (Wildman–Crippen LogP) is 3.31. The summed E-state index contributed by atoms with van der Waals surface area (Å²) in [4.78, 5) is 2.60. The van der Waals surface area contributed by atoms with Crippen LogP contribution in [0.25, 0.3) is 0 Å². The first-order chi connectivity index (χ1) is 9.33. The molecule has 104 valence electrons. The first kappa shape index (κ1) is 13.1. The molecule has 19 heavy (non-hydrogen) atoms. The van der Waals surface area contributed by atoms with E-state index in [2.05, 4.69) is 41.4 Å². The Morgan fingerprint density at radius 1 is 1.11 bits per heavy atom. The maximum absolute atomic E-state index is 3.78. The van der Waals surface area contributed by atoms with Crippen molar-refractivity contribution in [3.05, 3.63) is 35.4 Å². The standard InChI is InChI=1S/C17H26N2/c1-14(11-18-17-9-3-2-4-10-17)19-12-15-7-5-6-8-16(15)13-19/h5-8,14,17-18H,2-4,9-13H2,1H3. The third-order valence-corrected chi connectivity index (χ3v) is 4.80. The lowest BCUT2D eigenvalue weighted by atomic mass is 9.95. The summed E-state index contributed by atoms with van der Waals surface area (Å²) in [7, 11) is 0. The molecule has 0 bridgehead atoms. The summed E-state index contributed by atoms with van der Waals surface area (Å²) in [5.41, 5.74) is 3.04. The van der Waals surface area contributed by atoms with Crippen molar-refractivity contribution in [1.29, 1.82) is 0 Å². The van der Waals surface area contributed by atoms with Gasteiger partial charge in [-0.1, -0.05) is 43.5 Å². The van der Waals surface area contributed by atoms with Crippen LogP contribution in [0.15, 0.2) is 24.3 Å². The molecule has 1 aliphatic carbocycles. The monoisotopic (exact) mass is 258 g/mol. The van der Waals surface area contributed by atoms with E-state index in [1.165, 1.54) is 43.2 Å². The van der Waals surface area contributed by atoms with Gasteiger partial charge in [0, 0.05) is 31.7 Å². The van der Waals surface area contributed by atoms with Crippen molar-refractivity contribution in [3.8, 4) is 0 Å². The molecule has 1 heterocycles. The van der Waals surface area contributed by atoms with Gasteiger partial charge in [0.1, 0.15) is 0 Å². The molecular formula is C17H26N2. The molecule has 0 saturated heterocycles. The number of hydrogen-bond acceptors (Lipinski definition) is 2. The number of nitrogens with one attached hydrogen (secondary N) is 1. The number of fused-ring (bicyclic) bond motifs is 1. The summed E-state index contributed by atoms with van der Waals surface area (Å²) < 4.78 is 0. The Morgan fingerprint density at radius 2 is 1.74 bits per heavy atom. The van der Waals surface area contributed by atoms with Gasteiger partial charge in [-0.05, 0) is 30.9 Å². The molecular weight excluding hydrogens is 232 g/mol. The molecule has 0 spiro atoms. The van der Waals surface area contributed by atoms with Crippen LogP contribution in [0.4, 0.5) is 0 Å². The largest absolute Gasteiger partial charge is 0.312 e. The van der Waals surface area contributed by atoms with E-state index in [1.54, 1.807) is 0 Å². The van der Waals surface area contributed by atoms with Crippen molar-refractivity contribution in [2.45, 2.75) is 64.2 Å². The van der Waals surface area contributed by atoms with Crippen molar-refractivity contribution in [1.82, 2.24) is 10.2 Å². The number of benzene rings is 1. The van der Waals surface area contributed by atoms with Gasteiger partial charge >= 0.3 is 0 Å². The fourth-order valence-electron chi connectivity index (χ4n) is 3.44. The topological polar surface area (TPSA) is 15.3 Å². The Hall–Kier alpha value is -0.860. The zero-order chi connectivity index (χ0) is 13.1. The molecule has 1 saturated carbocycles. The molecule has 0 aromatic heterocycles. The second kappa shape index (κ2) is 6.06. The second-order valence-electron chi connectivity index (χ2n) is 6.27. The molecule has 1 N–H and O–H groups in total. The average Bonchev–Trinajstić information content (AvgIpc) is 2.90. The van der Waals surface area contributed by atoms with Crippen molar-refractivity contribution >= 4 is 0 Å². The molecule has 0 amide bonds. The normalized spacial score (nSPS) is 22.4. The summed E-state index contributed by atoms with van der Waals surface area (Å²) >= 11 is 0. The summed E-state index contributed by atoms with van der Waals surface area (Å²) in [6.45, 7) is 5.76. The minimum absolute atomic E-state index is 0.634. The van der Waals surface area contributed by atoms with Crippen LogP contribution in [0.1, 0.15) is 50.2 Å². The van der Waals surface area contributed by atoms with Crippen LogP contribution in [0.2, 0.25) is 0 Å². The van der Waals surface area contributed by atoms with Gasteiger partial charge in [0.05, 0.1) is 0 Å². The second-order valence-corrected chi connectivity index (χ2v) is 6.27. The van der Waals surface area contributed by atoms with Gasteiger partial charge in [0.25, 0.3) is 0 Å². The van der Waals surface area contributed by atoms with E-state index in [-0.39, 0.29) is 0 Å². The SMILES string of the molecule is CC(CNC1CCCCC1)N1Cc2ccccc2C1. The molecule has 2 aliphatic rings. The average molecular weight is 258 g/mol. The van der Waals surface area contributed by atoms with Crippen LogP contribution >= 0.6 is 0 Å². The maximum Gasteiger partial charge on any atom is 0.0243 e. The van der Waals surface area contributed by atoms with Gasteiger partial charge in [-0.3, -0.25) is 4.90 Å². The summed E-state index contributed by atoms with van der Waals surface area (Å²) in [6, 6.07) is 10.3. The highest BCUT2D eigenvalue weighted by Crippen LogP contribution is 2.24. The quantitative estimate of drug-likeness (QED) is 0.891. The molecule has 1 fully saturated rings. The Labute approximate surface area is 117 Å². The van der Waals surface area contributed by atoms with Crippen molar-refractivity contribution in [2.24, 2.45) is 0 Å². The highest BCUT2D eigenvalue weighted by molar-refractivity contribution is 5.30. The van der Waals surface area contributed by atoms with Gasteiger partial charge in [0.15, 0.2) is 0 Å². The number of hydrogen-bond donors (Lipinski definition) is 1. The molecule has 1 aromatic carbocycles. The third-order valence-electron chi connectivity index (χ3n) is 4.80. The van der Waals surface area contributed by atoms with Gasteiger partial charge in [0.2, 0.25) is 0 Å². The zero-order valence-corrected chi connectivity index (χ0v) is 12.1. The molecule has 1 atom stereocenters. The third kappa shape index (κ3) is 3.18. The fraction of sp³-hybridized carbons (Fsp3) is 0.647. The van der Waals surface area contributed by atoms with Gasteiger partial charge in [-0.2, -0.15) is 0 Å². The fourth-order valence-corrected chi connectivity index (χ4v) is 3.44. The summed E-state index contributed by atoms with van der Waals surface area (Å²) in [6.07, 6.45) is 7.04. The summed E-state index contributed by atoms with van der Waals surface area (Å²) in [5.74, 6) is 0. The molecule has 2 nitrogen and oxygen atoms in total. The van der Waals surface area contributed by atoms with E-state index in [0.717, 1.165) is 25.7 Å². The first-order valence-corrected chi connectivity index (χ1v) is 7.87. The molecule has 3 rings (SSSR count). The van der Waals surface area contributed by atoms with Crippen LogP contribution in [-0.4, -0.2) is 23.5 Å². The molecule has 2 heteroatoms. The maximum atomic E-state index is 3.78. The van der Waals surface area contributed by atoms with Crippen LogP contribution in [0.3, 0.4) is 0 Å². The van der Waals surface area contributed by atoms with Crippen LogP contribution in [-0.2, 0) is 13.1 Å².